The fourth-order valence-electron chi connectivity index (χ4n) is 2.92. The van der Waals surface area contributed by atoms with E-state index in [2.05, 4.69) is 15.4 Å². The van der Waals surface area contributed by atoms with Gasteiger partial charge in [-0.1, -0.05) is 0 Å². The summed E-state index contributed by atoms with van der Waals surface area (Å²) in [5.74, 6) is -0.462. The topological polar surface area (TPSA) is 80.0 Å². The van der Waals surface area contributed by atoms with Crippen LogP contribution in [0.1, 0.15) is 36.0 Å². The van der Waals surface area contributed by atoms with Crippen molar-refractivity contribution >= 4 is 5.91 Å². The zero-order chi connectivity index (χ0) is 16.2. The molecule has 0 bridgehead atoms. The summed E-state index contributed by atoms with van der Waals surface area (Å²) in [6.45, 7) is 0.204. The lowest BCUT2D eigenvalue weighted by Gasteiger charge is -2.28. The van der Waals surface area contributed by atoms with Gasteiger partial charge in [0.25, 0.3) is 5.91 Å². The Balaban J connectivity index is 1.65. The van der Waals surface area contributed by atoms with Crippen molar-refractivity contribution in [2.75, 3.05) is 6.61 Å². The van der Waals surface area contributed by atoms with Crippen LogP contribution >= 0.6 is 0 Å². The molecule has 1 fully saturated rings. The van der Waals surface area contributed by atoms with E-state index in [1.807, 2.05) is 0 Å². The second-order valence-electron chi connectivity index (χ2n) is 5.88. The second-order valence-corrected chi connectivity index (χ2v) is 5.88. The molecule has 0 saturated heterocycles. The van der Waals surface area contributed by atoms with Gasteiger partial charge < -0.3 is 10.4 Å². The molecule has 122 valence electrons. The molecule has 1 aromatic heterocycles. The first-order valence-electron chi connectivity index (χ1n) is 7.73. The van der Waals surface area contributed by atoms with Crippen LogP contribution in [0.4, 0.5) is 4.39 Å². The maximum absolute atomic E-state index is 14.2. The molecule has 6 nitrogen and oxygen atoms in total. The summed E-state index contributed by atoms with van der Waals surface area (Å²) in [7, 11) is 0. The number of rotatable bonds is 4. The van der Waals surface area contributed by atoms with Crippen LogP contribution in [0.3, 0.4) is 0 Å². The lowest BCUT2D eigenvalue weighted by atomic mass is 9.86. The predicted octanol–water partition coefficient (Wildman–Crippen LogP) is 1.69. The van der Waals surface area contributed by atoms with Crippen molar-refractivity contribution in [3.05, 3.63) is 42.2 Å². The molecular weight excluding hydrogens is 299 g/mol. The van der Waals surface area contributed by atoms with Gasteiger partial charge in [0.05, 0.1) is 0 Å². The zero-order valence-electron chi connectivity index (χ0n) is 12.7. The Morgan fingerprint density at radius 1 is 1.35 bits per heavy atom. The van der Waals surface area contributed by atoms with Crippen molar-refractivity contribution in [3.63, 3.8) is 0 Å². The molecule has 0 unspecified atom stereocenters. The molecule has 0 atom stereocenters. The molecule has 0 spiro atoms. The van der Waals surface area contributed by atoms with Crippen LogP contribution in [0.15, 0.2) is 30.9 Å². The van der Waals surface area contributed by atoms with E-state index in [4.69, 9.17) is 5.11 Å². The van der Waals surface area contributed by atoms with E-state index in [0.29, 0.717) is 5.92 Å². The largest absolute Gasteiger partial charge is 0.396 e. The summed E-state index contributed by atoms with van der Waals surface area (Å²) >= 11 is 0. The Bertz CT molecular complexity index is 667. The van der Waals surface area contributed by atoms with Crippen LogP contribution in [-0.4, -0.2) is 38.4 Å². The summed E-state index contributed by atoms with van der Waals surface area (Å²) in [6.07, 6.45) is 6.22. The number of halogens is 1. The molecule has 7 heteroatoms. The van der Waals surface area contributed by atoms with Crippen molar-refractivity contribution in [1.29, 1.82) is 0 Å². The zero-order valence-corrected chi connectivity index (χ0v) is 12.7. The van der Waals surface area contributed by atoms with Gasteiger partial charge in [0.1, 0.15) is 24.2 Å². The first-order chi connectivity index (χ1) is 11.2. The number of aliphatic hydroxyl groups is 1. The molecule has 0 aliphatic heterocycles. The number of nitrogens with zero attached hydrogens (tertiary/aromatic N) is 3. The van der Waals surface area contributed by atoms with Gasteiger partial charge in [-0.25, -0.2) is 14.1 Å². The minimum atomic E-state index is -0.521. The van der Waals surface area contributed by atoms with Gasteiger partial charge in [-0.15, -0.1) is 0 Å². The molecule has 1 aromatic carbocycles. The SMILES string of the molecule is O=C(NC1CCC(CO)CC1)c1ccc(-n2cncn2)c(F)c1. The van der Waals surface area contributed by atoms with Gasteiger partial charge in [0, 0.05) is 18.2 Å². The molecule has 1 aliphatic rings. The number of carbonyl (C=O) groups excluding carboxylic acids is 1. The first kappa shape index (κ1) is 15.6. The third-order valence-corrected chi connectivity index (χ3v) is 4.32. The standard InChI is InChI=1S/C16H19FN4O2/c17-14-7-12(3-6-15(14)21-10-18-9-19-21)16(23)20-13-4-1-11(8-22)2-5-13/h3,6-7,9-11,13,22H,1-2,4-5,8H2,(H,20,23). The number of nitrogens with one attached hydrogen (secondary N) is 1. The normalized spacial score (nSPS) is 21.1. The average molecular weight is 318 g/mol. The molecule has 2 N–H and O–H groups in total. The highest BCUT2D eigenvalue weighted by atomic mass is 19.1. The highest BCUT2D eigenvalue weighted by Gasteiger charge is 2.22. The van der Waals surface area contributed by atoms with Gasteiger partial charge in [-0.3, -0.25) is 4.79 Å². The molecule has 1 amide bonds. The molecule has 1 heterocycles. The Hall–Kier alpha value is -2.28. The molecule has 23 heavy (non-hydrogen) atoms. The number of aromatic nitrogens is 3. The smallest absolute Gasteiger partial charge is 0.251 e. The van der Waals surface area contributed by atoms with Crippen molar-refractivity contribution in [2.45, 2.75) is 31.7 Å². The molecule has 1 saturated carbocycles. The second kappa shape index (κ2) is 6.87. The minimum absolute atomic E-state index is 0.0864. The van der Waals surface area contributed by atoms with Gasteiger partial charge in [-0.05, 0) is 49.8 Å². The third kappa shape index (κ3) is 3.56. The van der Waals surface area contributed by atoms with Crippen molar-refractivity contribution in [2.24, 2.45) is 5.92 Å². The van der Waals surface area contributed by atoms with Crippen molar-refractivity contribution in [1.82, 2.24) is 20.1 Å². The summed E-state index contributed by atoms with van der Waals surface area (Å²) in [5, 5.41) is 15.9. The maximum atomic E-state index is 14.2. The molecule has 1 aliphatic carbocycles. The predicted molar refractivity (Wildman–Crippen MR) is 81.6 cm³/mol. The van der Waals surface area contributed by atoms with Crippen molar-refractivity contribution in [3.8, 4) is 5.69 Å². The van der Waals surface area contributed by atoms with E-state index in [-0.39, 0.29) is 29.8 Å². The van der Waals surface area contributed by atoms with E-state index in [0.717, 1.165) is 25.7 Å². The quantitative estimate of drug-likeness (QED) is 0.899. The van der Waals surface area contributed by atoms with Gasteiger partial charge in [0.2, 0.25) is 0 Å². The van der Waals surface area contributed by atoms with E-state index in [1.54, 1.807) is 6.07 Å². The lowest BCUT2D eigenvalue weighted by Crippen LogP contribution is -2.38. The minimum Gasteiger partial charge on any atom is -0.396 e. The number of carbonyl (C=O) groups is 1. The first-order valence-corrected chi connectivity index (χ1v) is 7.73. The van der Waals surface area contributed by atoms with Crippen LogP contribution in [0.25, 0.3) is 5.69 Å². The lowest BCUT2D eigenvalue weighted by molar-refractivity contribution is 0.0913. The fourth-order valence-corrected chi connectivity index (χ4v) is 2.92. The van der Waals surface area contributed by atoms with Gasteiger partial charge in [-0.2, -0.15) is 5.10 Å². The molecule has 0 radical (unpaired) electrons. The fraction of sp³-hybridized carbons (Fsp3) is 0.438. The van der Waals surface area contributed by atoms with E-state index >= 15 is 0 Å². The Kier molecular flexibility index (Phi) is 4.66. The highest BCUT2D eigenvalue weighted by Crippen LogP contribution is 2.24. The number of hydrogen-bond acceptors (Lipinski definition) is 4. The van der Waals surface area contributed by atoms with Crippen LogP contribution in [0.5, 0.6) is 0 Å². The number of benzene rings is 1. The maximum Gasteiger partial charge on any atom is 0.251 e. The van der Waals surface area contributed by atoms with E-state index < -0.39 is 5.82 Å². The number of hydrogen-bond donors (Lipinski definition) is 2. The van der Waals surface area contributed by atoms with Gasteiger partial charge in [0.15, 0.2) is 0 Å². The molecule has 2 aromatic rings. The number of aliphatic hydroxyl groups excluding tert-OH is 1. The third-order valence-electron chi connectivity index (χ3n) is 4.32. The Morgan fingerprint density at radius 2 is 2.13 bits per heavy atom. The Labute approximate surface area is 133 Å². The van der Waals surface area contributed by atoms with Crippen LogP contribution in [0.2, 0.25) is 0 Å². The summed E-state index contributed by atoms with van der Waals surface area (Å²) in [5.41, 5.74) is 0.540. The van der Waals surface area contributed by atoms with Crippen LogP contribution in [0, 0.1) is 11.7 Å². The summed E-state index contributed by atoms with van der Waals surface area (Å²) in [6, 6.07) is 4.39. The molecule has 3 rings (SSSR count). The summed E-state index contributed by atoms with van der Waals surface area (Å²) in [4.78, 5) is 16.0. The summed E-state index contributed by atoms with van der Waals surface area (Å²) < 4.78 is 15.5. The number of amides is 1. The van der Waals surface area contributed by atoms with Crippen molar-refractivity contribution < 1.29 is 14.3 Å². The van der Waals surface area contributed by atoms with E-state index in [9.17, 15) is 9.18 Å². The van der Waals surface area contributed by atoms with Crippen LogP contribution < -0.4 is 5.32 Å². The molecular formula is C16H19FN4O2. The monoisotopic (exact) mass is 318 g/mol. The van der Waals surface area contributed by atoms with Crippen LogP contribution in [-0.2, 0) is 0 Å². The highest BCUT2D eigenvalue weighted by molar-refractivity contribution is 5.94. The Morgan fingerprint density at radius 3 is 2.74 bits per heavy atom. The van der Waals surface area contributed by atoms with Gasteiger partial charge >= 0.3 is 0 Å². The average Bonchev–Trinajstić information content (AvgIpc) is 3.09. The van der Waals surface area contributed by atoms with E-state index in [1.165, 1.54) is 29.5 Å².